The van der Waals surface area contributed by atoms with Crippen LogP contribution in [0, 0.1) is 44.4 Å². The Morgan fingerprint density at radius 2 is 1.43 bits per heavy atom. The number of rotatable bonds is 15. The number of ether oxygens (including phenoxy) is 2. The van der Waals surface area contributed by atoms with Crippen LogP contribution in [0.25, 0.3) is 0 Å². The van der Waals surface area contributed by atoms with E-state index in [2.05, 4.69) is 55.4 Å². The Kier molecular flexibility index (Phi) is 12.5. The van der Waals surface area contributed by atoms with Crippen molar-refractivity contribution >= 4 is 5.97 Å². The van der Waals surface area contributed by atoms with E-state index >= 15 is 0 Å². The van der Waals surface area contributed by atoms with E-state index in [-0.39, 0.29) is 17.5 Å². The second-order valence-corrected chi connectivity index (χ2v) is 13.2. The van der Waals surface area contributed by atoms with Gasteiger partial charge in [-0.3, -0.25) is 4.79 Å². The lowest BCUT2D eigenvalue weighted by Gasteiger charge is -2.38. The molecule has 0 saturated carbocycles. The maximum atomic E-state index is 12.5. The van der Waals surface area contributed by atoms with E-state index in [4.69, 9.17) is 9.47 Å². The molecule has 3 nitrogen and oxygen atoms in total. The van der Waals surface area contributed by atoms with E-state index in [1.54, 1.807) is 0 Å². The first-order valence-corrected chi connectivity index (χ1v) is 15.4. The minimum Gasteiger partial charge on any atom is -0.487 e. The lowest BCUT2D eigenvalue weighted by atomic mass is 9.83. The summed E-state index contributed by atoms with van der Waals surface area (Å²) in [5, 5.41) is 0. The summed E-state index contributed by atoms with van der Waals surface area (Å²) in [6.07, 6.45) is 14.7. The number of esters is 1. The van der Waals surface area contributed by atoms with E-state index in [0.29, 0.717) is 0 Å². The number of carbonyl (C=O) groups is 1. The smallest absolute Gasteiger partial charge is 0.314 e. The molecule has 0 aliphatic carbocycles. The summed E-state index contributed by atoms with van der Waals surface area (Å²) in [7, 11) is 0. The molecule has 1 unspecified atom stereocenters. The molecular weight excluding hydrogens is 456 g/mol. The van der Waals surface area contributed by atoms with Crippen LogP contribution in [-0.4, -0.2) is 11.6 Å². The number of carbonyl (C=O) groups excluding carboxylic acids is 1. The molecule has 0 N–H and O–H groups in total. The highest BCUT2D eigenvalue weighted by atomic mass is 16.5. The average molecular weight is 515 g/mol. The predicted molar refractivity (Wildman–Crippen MR) is 158 cm³/mol. The molecule has 37 heavy (non-hydrogen) atoms. The third-order valence-electron chi connectivity index (χ3n) is 9.06. The third kappa shape index (κ3) is 9.32. The topological polar surface area (TPSA) is 35.5 Å². The molecule has 0 radical (unpaired) electrons. The van der Waals surface area contributed by atoms with Crippen molar-refractivity contribution in [3.05, 3.63) is 22.3 Å². The highest BCUT2D eigenvalue weighted by Gasteiger charge is 2.35. The van der Waals surface area contributed by atoms with Crippen molar-refractivity contribution in [1.29, 1.82) is 0 Å². The van der Waals surface area contributed by atoms with Gasteiger partial charge in [-0.15, -0.1) is 0 Å². The minimum absolute atomic E-state index is 0.0878. The van der Waals surface area contributed by atoms with E-state index in [9.17, 15) is 4.79 Å². The fraction of sp³-hybridized carbons (Fsp3) is 0.794. The van der Waals surface area contributed by atoms with Gasteiger partial charge in [0.2, 0.25) is 0 Å². The van der Waals surface area contributed by atoms with Crippen LogP contribution in [0.2, 0.25) is 0 Å². The molecule has 0 spiro atoms. The molecule has 4 atom stereocenters. The zero-order valence-corrected chi connectivity index (χ0v) is 26.0. The van der Waals surface area contributed by atoms with E-state index in [0.717, 1.165) is 71.6 Å². The molecule has 2 rings (SSSR count). The first-order chi connectivity index (χ1) is 17.4. The van der Waals surface area contributed by atoms with Gasteiger partial charge in [-0.1, -0.05) is 86.5 Å². The van der Waals surface area contributed by atoms with Crippen LogP contribution < -0.4 is 9.47 Å². The zero-order chi connectivity index (χ0) is 27.8. The van der Waals surface area contributed by atoms with E-state index in [1.165, 1.54) is 56.9 Å². The SMILES string of the molecule is CCC(C)C(=O)Oc1c(C)c(C)c2c(c1C)CC[C@@](C)(CCC[C@@H](C)CCC[C@H](C)CCCC(C)C)O2. The molecule has 0 saturated heterocycles. The lowest BCUT2D eigenvalue weighted by Crippen LogP contribution is -2.37. The maximum absolute atomic E-state index is 12.5. The van der Waals surface area contributed by atoms with E-state index in [1.807, 2.05) is 13.8 Å². The molecule has 0 aromatic heterocycles. The van der Waals surface area contributed by atoms with Crippen molar-refractivity contribution in [2.75, 3.05) is 0 Å². The van der Waals surface area contributed by atoms with Gasteiger partial charge in [0.1, 0.15) is 17.1 Å². The van der Waals surface area contributed by atoms with Gasteiger partial charge in [0.25, 0.3) is 0 Å². The standard InChI is InChI=1S/C34H58O3/c1-11-26(6)33(35)36-31-27(7)28(8)32-30(29(31)9)20-22-34(10,37-32)21-14-19-25(5)18-13-17-24(4)16-12-15-23(2)3/h23-26H,11-22H2,1-10H3/t24-,25+,26?,34-/m1/s1. The molecule has 0 fully saturated rings. The summed E-state index contributed by atoms with van der Waals surface area (Å²) in [4.78, 5) is 12.5. The van der Waals surface area contributed by atoms with Crippen LogP contribution >= 0.6 is 0 Å². The van der Waals surface area contributed by atoms with Crippen molar-refractivity contribution in [3.63, 3.8) is 0 Å². The fourth-order valence-electron chi connectivity index (χ4n) is 5.78. The largest absolute Gasteiger partial charge is 0.487 e. The Morgan fingerprint density at radius 1 is 0.865 bits per heavy atom. The third-order valence-corrected chi connectivity index (χ3v) is 9.06. The fourth-order valence-corrected chi connectivity index (χ4v) is 5.78. The molecule has 1 heterocycles. The van der Waals surface area contributed by atoms with Crippen molar-refractivity contribution < 1.29 is 14.3 Å². The molecular formula is C34H58O3. The molecule has 3 heteroatoms. The zero-order valence-electron chi connectivity index (χ0n) is 26.0. The van der Waals surface area contributed by atoms with Crippen molar-refractivity contribution in [1.82, 2.24) is 0 Å². The molecule has 0 amide bonds. The number of hydrogen-bond donors (Lipinski definition) is 0. The first kappa shape index (κ1) is 31.7. The molecule has 1 aromatic carbocycles. The maximum Gasteiger partial charge on any atom is 0.314 e. The number of benzene rings is 1. The summed E-state index contributed by atoms with van der Waals surface area (Å²) in [5.41, 5.74) is 4.33. The predicted octanol–water partition coefficient (Wildman–Crippen LogP) is 10.1. The average Bonchev–Trinajstić information content (AvgIpc) is 2.84. The normalized spacial score (nSPS) is 19.8. The quantitative estimate of drug-likeness (QED) is 0.172. The Labute approximate surface area is 229 Å². The van der Waals surface area contributed by atoms with Crippen molar-refractivity contribution in [2.24, 2.45) is 23.7 Å². The molecule has 1 aromatic rings. The summed E-state index contributed by atoms with van der Waals surface area (Å²) < 4.78 is 12.6. The Bertz CT molecular complexity index is 871. The lowest BCUT2D eigenvalue weighted by molar-refractivity contribution is -0.138. The van der Waals surface area contributed by atoms with Gasteiger partial charge >= 0.3 is 5.97 Å². The first-order valence-electron chi connectivity index (χ1n) is 15.4. The number of fused-ring (bicyclic) bond motifs is 1. The summed E-state index contributed by atoms with van der Waals surface area (Å²) >= 11 is 0. The highest BCUT2D eigenvalue weighted by Crippen LogP contribution is 2.45. The van der Waals surface area contributed by atoms with Crippen molar-refractivity contribution in [3.8, 4) is 11.5 Å². The van der Waals surface area contributed by atoms with Crippen LogP contribution in [0.1, 0.15) is 141 Å². The summed E-state index contributed by atoms with van der Waals surface area (Å²) in [6.45, 7) is 22.0. The second kappa shape index (κ2) is 14.6. The molecule has 1 aliphatic heterocycles. The van der Waals surface area contributed by atoms with Crippen molar-refractivity contribution in [2.45, 2.75) is 152 Å². The minimum atomic E-state index is -0.135. The Balaban J connectivity index is 1.87. The van der Waals surface area contributed by atoms with Crippen LogP contribution in [0.4, 0.5) is 0 Å². The highest BCUT2D eigenvalue weighted by molar-refractivity contribution is 5.76. The van der Waals surface area contributed by atoms with Gasteiger partial charge in [-0.05, 0) is 94.2 Å². The van der Waals surface area contributed by atoms with Gasteiger partial charge in [-0.25, -0.2) is 0 Å². The molecule has 212 valence electrons. The van der Waals surface area contributed by atoms with Gasteiger partial charge in [0.05, 0.1) is 5.92 Å². The molecule has 1 aliphatic rings. The van der Waals surface area contributed by atoms with Gasteiger partial charge < -0.3 is 9.47 Å². The molecule has 0 bridgehead atoms. The van der Waals surface area contributed by atoms with Crippen LogP contribution in [0.15, 0.2) is 0 Å². The van der Waals surface area contributed by atoms with Crippen LogP contribution in [0.5, 0.6) is 11.5 Å². The second-order valence-electron chi connectivity index (χ2n) is 13.2. The Morgan fingerprint density at radius 3 is 2.00 bits per heavy atom. The Hall–Kier alpha value is -1.51. The summed E-state index contributed by atoms with van der Waals surface area (Å²) in [5.74, 6) is 4.05. The van der Waals surface area contributed by atoms with Gasteiger partial charge in [0.15, 0.2) is 0 Å². The number of hydrogen-bond acceptors (Lipinski definition) is 3. The van der Waals surface area contributed by atoms with Gasteiger partial charge in [-0.2, -0.15) is 0 Å². The van der Waals surface area contributed by atoms with Crippen LogP contribution in [0.3, 0.4) is 0 Å². The van der Waals surface area contributed by atoms with Crippen LogP contribution in [-0.2, 0) is 11.2 Å². The monoisotopic (exact) mass is 514 g/mol. The summed E-state index contributed by atoms with van der Waals surface area (Å²) in [6, 6.07) is 0. The van der Waals surface area contributed by atoms with E-state index < -0.39 is 0 Å². The van der Waals surface area contributed by atoms with Gasteiger partial charge in [0, 0.05) is 5.56 Å².